The number of aromatic nitrogens is 3. The zero-order valence-electron chi connectivity index (χ0n) is 11.0. The molecule has 1 N–H and O–H groups in total. The number of methoxy groups -OCH3 is 1. The normalized spacial score (nSPS) is 11.6. The third-order valence-electron chi connectivity index (χ3n) is 2.69. The second-order valence-electron chi connectivity index (χ2n) is 5.06. The zero-order valence-corrected chi connectivity index (χ0v) is 11.8. The second-order valence-corrected chi connectivity index (χ2v) is 5.45. The molecule has 0 bridgehead atoms. The lowest BCUT2D eigenvalue weighted by Crippen LogP contribution is -2.23. The first-order chi connectivity index (χ1) is 8.45. The van der Waals surface area contributed by atoms with Gasteiger partial charge in [0.05, 0.1) is 12.7 Å². The molecule has 2 aromatic rings. The lowest BCUT2D eigenvalue weighted by Gasteiger charge is -2.23. The van der Waals surface area contributed by atoms with Crippen molar-refractivity contribution in [1.29, 1.82) is 0 Å². The highest BCUT2D eigenvalue weighted by Gasteiger charge is 2.21. The van der Waals surface area contributed by atoms with E-state index in [-0.39, 0.29) is 5.54 Å². The molecule has 1 aromatic carbocycles. The van der Waals surface area contributed by atoms with Crippen LogP contribution in [0.3, 0.4) is 0 Å². The molecule has 0 amide bonds. The van der Waals surface area contributed by atoms with Crippen LogP contribution in [0.5, 0.6) is 5.75 Å². The summed E-state index contributed by atoms with van der Waals surface area (Å²) in [5.74, 6) is 1.59. The maximum absolute atomic E-state index is 5.38. The minimum Gasteiger partial charge on any atom is -0.496 e. The van der Waals surface area contributed by atoms with Crippen LogP contribution in [0.1, 0.15) is 20.8 Å². The number of ether oxygens (including phenoxy) is 1. The van der Waals surface area contributed by atoms with Crippen molar-refractivity contribution in [3.05, 3.63) is 29.0 Å². The van der Waals surface area contributed by atoms with E-state index >= 15 is 0 Å². The Balaban J connectivity index is 2.69. The molecule has 0 saturated heterocycles. The molecule has 1 heterocycles. The summed E-state index contributed by atoms with van der Waals surface area (Å²) in [4.78, 5) is 0. The fourth-order valence-corrected chi connectivity index (χ4v) is 2.34. The topological polar surface area (TPSA) is 42.8 Å². The summed E-state index contributed by atoms with van der Waals surface area (Å²) in [6.45, 7) is 6.28. The van der Waals surface area contributed by atoms with Crippen LogP contribution in [0, 0.1) is 4.77 Å². The molecule has 0 spiro atoms. The van der Waals surface area contributed by atoms with Crippen LogP contribution in [0.25, 0.3) is 11.4 Å². The molecule has 0 unspecified atom stereocenters. The van der Waals surface area contributed by atoms with E-state index in [1.54, 1.807) is 7.11 Å². The highest BCUT2D eigenvalue weighted by atomic mass is 32.1. The molecule has 4 nitrogen and oxygen atoms in total. The summed E-state index contributed by atoms with van der Waals surface area (Å²) in [5.41, 5.74) is 0.794. The van der Waals surface area contributed by atoms with E-state index < -0.39 is 0 Å². The molecule has 96 valence electrons. The van der Waals surface area contributed by atoms with Gasteiger partial charge in [0.2, 0.25) is 0 Å². The van der Waals surface area contributed by atoms with E-state index in [0.717, 1.165) is 17.1 Å². The maximum Gasteiger partial charge on any atom is 0.195 e. The maximum atomic E-state index is 5.38. The van der Waals surface area contributed by atoms with E-state index in [1.807, 2.05) is 28.8 Å². The quantitative estimate of drug-likeness (QED) is 0.845. The van der Waals surface area contributed by atoms with Gasteiger partial charge >= 0.3 is 0 Å². The average molecular weight is 263 g/mol. The standard InChI is InChI=1S/C13H17N3OS/c1-13(2,3)16-11(14-15-12(16)18)9-7-5-6-8-10(9)17-4/h5-8H,1-4H3,(H,15,18). The Morgan fingerprint density at radius 1 is 1.28 bits per heavy atom. The minimum absolute atomic E-state index is 0.139. The zero-order chi connectivity index (χ0) is 13.3. The van der Waals surface area contributed by atoms with E-state index in [1.165, 1.54) is 0 Å². The van der Waals surface area contributed by atoms with Gasteiger partial charge in [-0.15, -0.1) is 0 Å². The number of rotatable bonds is 2. The van der Waals surface area contributed by atoms with Gasteiger partial charge in [-0.2, -0.15) is 5.10 Å². The van der Waals surface area contributed by atoms with Gasteiger partial charge in [-0.25, -0.2) is 0 Å². The predicted molar refractivity (Wildman–Crippen MR) is 74.4 cm³/mol. The first-order valence-electron chi connectivity index (χ1n) is 5.76. The number of H-pyrrole nitrogens is 1. The van der Waals surface area contributed by atoms with Crippen molar-refractivity contribution in [3.63, 3.8) is 0 Å². The lowest BCUT2D eigenvalue weighted by molar-refractivity contribution is 0.392. The first kappa shape index (κ1) is 12.8. The van der Waals surface area contributed by atoms with Crippen LogP contribution < -0.4 is 4.74 Å². The number of benzene rings is 1. The molecule has 18 heavy (non-hydrogen) atoms. The Hall–Kier alpha value is -1.62. The van der Waals surface area contributed by atoms with Gasteiger partial charge in [-0.05, 0) is 45.1 Å². The van der Waals surface area contributed by atoms with Crippen LogP contribution in [-0.4, -0.2) is 21.9 Å². The number of hydrogen-bond acceptors (Lipinski definition) is 3. The first-order valence-corrected chi connectivity index (χ1v) is 6.17. The summed E-state index contributed by atoms with van der Waals surface area (Å²) >= 11 is 5.30. The molecule has 2 rings (SSSR count). The smallest absolute Gasteiger partial charge is 0.195 e. The Labute approximate surface area is 112 Å². The van der Waals surface area contributed by atoms with Gasteiger partial charge in [-0.1, -0.05) is 12.1 Å². The van der Waals surface area contributed by atoms with E-state index in [0.29, 0.717) is 4.77 Å². The highest BCUT2D eigenvalue weighted by molar-refractivity contribution is 7.71. The number of nitrogens with zero attached hydrogens (tertiary/aromatic N) is 2. The van der Waals surface area contributed by atoms with E-state index in [4.69, 9.17) is 17.0 Å². The Bertz CT molecular complexity index is 607. The predicted octanol–water partition coefficient (Wildman–Crippen LogP) is 3.37. The van der Waals surface area contributed by atoms with Gasteiger partial charge < -0.3 is 4.74 Å². The number of aromatic amines is 1. The molecule has 0 aliphatic carbocycles. The molecular formula is C13H17N3OS. The van der Waals surface area contributed by atoms with Crippen LogP contribution in [0.4, 0.5) is 0 Å². The van der Waals surface area contributed by atoms with Crippen molar-refractivity contribution in [1.82, 2.24) is 14.8 Å². The summed E-state index contributed by atoms with van der Waals surface area (Å²) in [6, 6.07) is 7.79. The van der Waals surface area contributed by atoms with Gasteiger partial charge in [0.25, 0.3) is 0 Å². The third kappa shape index (κ3) is 2.18. The molecule has 1 aromatic heterocycles. The molecular weight excluding hydrogens is 246 g/mol. The van der Waals surface area contributed by atoms with Crippen LogP contribution >= 0.6 is 12.2 Å². The lowest BCUT2D eigenvalue weighted by atomic mass is 10.1. The van der Waals surface area contributed by atoms with Crippen molar-refractivity contribution in [2.24, 2.45) is 0 Å². The summed E-state index contributed by atoms with van der Waals surface area (Å²) in [6.07, 6.45) is 0. The Kier molecular flexibility index (Phi) is 3.26. The fourth-order valence-electron chi connectivity index (χ4n) is 1.93. The summed E-state index contributed by atoms with van der Waals surface area (Å²) in [5, 5.41) is 7.18. The number of para-hydroxylation sites is 1. The van der Waals surface area contributed by atoms with Gasteiger partial charge in [0.1, 0.15) is 5.75 Å². The molecule has 0 saturated carbocycles. The molecule has 0 aliphatic heterocycles. The summed E-state index contributed by atoms with van der Waals surface area (Å²) < 4.78 is 7.99. The van der Waals surface area contributed by atoms with E-state index in [2.05, 4.69) is 31.0 Å². The van der Waals surface area contributed by atoms with Crippen LogP contribution in [-0.2, 0) is 5.54 Å². The monoisotopic (exact) mass is 263 g/mol. The van der Waals surface area contributed by atoms with Crippen molar-refractivity contribution < 1.29 is 4.74 Å². The molecule has 0 radical (unpaired) electrons. The Morgan fingerprint density at radius 2 is 1.94 bits per heavy atom. The van der Waals surface area contributed by atoms with Crippen LogP contribution in [0.15, 0.2) is 24.3 Å². The summed E-state index contributed by atoms with van der Waals surface area (Å²) in [7, 11) is 1.65. The number of nitrogens with one attached hydrogen (secondary N) is 1. The Morgan fingerprint density at radius 3 is 2.56 bits per heavy atom. The average Bonchev–Trinajstić information content (AvgIpc) is 2.70. The fraction of sp³-hybridized carbons (Fsp3) is 0.385. The molecule has 0 aliphatic rings. The van der Waals surface area contributed by atoms with Crippen molar-refractivity contribution in [2.75, 3.05) is 7.11 Å². The molecule has 5 heteroatoms. The highest BCUT2D eigenvalue weighted by Crippen LogP contribution is 2.31. The van der Waals surface area contributed by atoms with Crippen molar-refractivity contribution in [2.45, 2.75) is 26.3 Å². The van der Waals surface area contributed by atoms with Crippen molar-refractivity contribution >= 4 is 12.2 Å². The third-order valence-corrected chi connectivity index (χ3v) is 2.96. The number of hydrogen-bond donors (Lipinski definition) is 1. The minimum atomic E-state index is -0.139. The SMILES string of the molecule is COc1ccccc1-c1n[nH]c(=S)n1C(C)(C)C. The van der Waals surface area contributed by atoms with Gasteiger partial charge in [0, 0.05) is 5.54 Å². The largest absolute Gasteiger partial charge is 0.496 e. The van der Waals surface area contributed by atoms with E-state index in [9.17, 15) is 0 Å². The van der Waals surface area contributed by atoms with Crippen molar-refractivity contribution in [3.8, 4) is 17.1 Å². The van der Waals surface area contributed by atoms with Crippen LogP contribution in [0.2, 0.25) is 0 Å². The molecule has 0 atom stereocenters. The molecule has 0 fully saturated rings. The second kappa shape index (κ2) is 4.57. The van der Waals surface area contributed by atoms with Gasteiger partial charge in [-0.3, -0.25) is 9.67 Å². The van der Waals surface area contributed by atoms with Gasteiger partial charge in [0.15, 0.2) is 10.6 Å².